The van der Waals surface area contributed by atoms with Gasteiger partial charge in [0.15, 0.2) is 5.69 Å². The van der Waals surface area contributed by atoms with Crippen molar-refractivity contribution in [3.8, 4) is 5.75 Å². The topological polar surface area (TPSA) is 71.4 Å². The Morgan fingerprint density at radius 2 is 1.97 bits per heavy atom. The molecule has 0 bridgehead atoms. The number of anilines is 1. The number of piperidine rings is 2. The molecular formula is C22H31N5O2. The summed E-state index contributed by atoms with van der Waals surface area (Å²) in [7, 11) is 0. The summed E-state index contributed by atoms with van der Waals surface area (Å²) in [4.78, 5) is 15.0. The number of hydrogen-bond donors (Lipinski definition) is 2. The van der Waals surface area contributed by atoms with Crippen molar-refractivity contribution >= 4 is 11.6 Å². The number of rotatable bonds is 7. The van der Waals surface area contributed by atoms with Gasteiger partial charge in [-0.1, -0.05) is 6.42 Å². The summed E-state index contributed by atoms with van der Waals surface area (Å²) in [5, 5.41) is 10.8. The molecule has 1 atom stereocenters. The maximum absolute atomic E-state index is 12.5. The van der Waals surface area contributed by atoms with E-state index in [-0.39, 0.29) is 5.91 Å². The number of hydrogen-bond acceptors (Lipinski definition) is 5. The van der Waals surface area contributed by atoms with Gasteiger partial charge in [-0.25, -0.2) is 0 Å². The Morgan fingerprint density at radius 1 is 1.14 bits per heavy atom. The van der Waals surface area contributed by atoms with E-state index in [2.05, 4.69) is 20.6 Å². The number of aromatic nitrogens is 2. The lowest BCUT2D eigenvalue weighted by Crippen LogP contribution is -2.33. The van der Waals surface area contributed by atoms with Gasteiger partial charge < -0.3 is 15.4 Å². The first-order valence-electron chi connectivity index (χ1n) is 10.8. The average molecular weight is 398 g/mol. The van der Waals surface area contributed by atoms with Gasteiger partial charge in [0.05, 0.1) is 6.04 Å². The molecule has 7 heteroatoms. The number of likely N-dealkylation sites (tertiary alicyclic amines) is 1. The van der Waals surface area contributed by atoms with E-state index in [1.54, 1.807) is 6.07 Å². The van der Waals surface area contributed by atoms with E-state index < -0.39 is 0 Å². The predicted octanol–water partition coefficient (Wildman–Crippen LogP) is 2.92. The SMILES string of the molecule is O=C(Nc1ccc(OCCN2CCCCC2)cc1)c1ccn(C2CCCNC2)n1. The van der Waals surface area contributed by atoms with E-state index in [0.29, 0.717) is 18.3 Å². The highest BCUT2D eigenvalue weighted by atomic mass is 16.5. The van der Waals surface area contributed by atoms with E-state index in [0.717, 1.165) is 43.9 Å². The molecule has 0 aliphatic carbocycles. The molecule has 0 spiro atoms. The Bertz CT molecular complexity index is 777. The molecule has 2 aliphatic rings. The van der Waals surface area contributed by atoms with Crippen LogP contribution in [-0.4, -0.2) is 59.9 Å². The van der Waals surface area contributed by atoms with Crippen LogP contribution in [0.25, 0.3) is 0 Å². The number of nitrogens with one attached hydrogen (secondary N) is 2. The van der Waals surface area contributed by atoms with Crippen molar-refractivity contribution < 1.29 is 9.53 Å². The molecule has 2 aliphatic heterocycles. The highest BCUT2D eigenvalue weighted by molar-refractivity contribution is 6.02. The minimum absolute atomic E-state index is 0.189. The predicted molar refractivity (Wildman–Crippen MR) is 114 cm³/mol. The summed E-state index contributed by atoms with van der Waals surface area (Å²) in [6.07, 6.45) is 8.07. The Morgan fingerprint density at radius 3 is 2.72 bits per heavy atom. The average Bonchev–Trinajstić information content (AvgIpc) is 3.27. The third kappa shape index (κ3) is 5.58. The number of amides is 1. The van der Waals surface area contributed by atoms with Crippen LogP contribution >= 0.6 is 0 Å². The van der Waals surface area contributed by atoms with Crippen LogP contribution < -0.4 is 15.4 Å². The fourth-order valence-corrected chi connectivity index (χ4v) is 4.03. The monoisotopic (exact) mass is 397 g/mol. The van der Waals surface area contributed by atoms with E-state index >= 15 is 0 Å². The summed E-state index contributed by atoms with van der Waals surface area (Å²) in [6.45, 7) is 5.99. The van der Waals surface area contributed by atoms with Gasteiger partial charge in [-0.2, -0.15) is 5.10 Å². The van der Waals surface area contributed by atoms with Gasteiger partial charge in [0.1, 0.15) is 12.4 Å². The molecule has 1 aromatic carbocycles. The molecule has 4 rings (SSSR count). The van der Waals surface area contributed by atoms with Gasteiger partial charge in [0.2, 0.25) is 0 Å². The van der Waals surface area contributed by atoms with E-state index in [1.807, 2.05) is 35.1 Å². The van der Waals surface area contributed by atoms with Crippen LogP contribution in [0, 0.1) is 0 Å². The number of carbonyl (C=O) groups excluding carboxylic acids is 1. The van der Waals surface area contributed by atoms with E-state index in [4.69, 9.17) is 4.74 Å². The summed E-state index contributed by atoms with van der Waals surface area (Å²) < 4.78 is 7.75. The Kier molecular flexibility index (Phi) is 6.79. The highest BCUT2D eigenvalue weighted by Crippen LogP contribution is 2.18. The maximum Gasteiger partial charge on any atom is 0.276 e. The van der Waals surface area contributed by atoms with Gasteiger partial charge in [0.25, 0.3) is 5.91 Å². The fraction of sp³-hybridized carbons (Fsp3) is 0.545. The van der Waals surface area contributed by atoms with Crippen LogP contribution in [0.4, 0.5) is 5.69 Å². The van der Waals surface area contributed by atoms with Crippen LogP contribution in [0.3, 0.4) is 0 Å². The first-order chi connectivity index (χ1) is 14.3. The summed E-state index contributed by atoms with van der Waals surface area (Å²) in [5.74, 6) is 0.639. The third-order valence-corrected chi connectivity index (χ3v) is 5.72. The molecule has 1 aromatic heterocycles. The molecule has 0 radical (unpaired) electrons. The smallest absolute Gasteiger partial charge is 0.276 e. The molecule has 0 saturated carbocycles. The van der Waals surface area contributed by atoms with Crippen molar-refractivity contribution in [2.75, 3.05) is 44.6 Å². The second kappa shape index (κ2) is 9.89. The van der Waals surface area contributed by atoms with Crippen LogP contribution in [0.1, 0.15) is 48.6 Å². The molecular weight excluding hydrogens is 366 g/mol. The minimum Gasteiger partial charge on any atom is -0.492 e. The van der Waals surface area contributed by atoms with Gasteiger partial charge in [-0.3, -0.25) is 14.4 Å². The molecule has 7 nitrogen and oxygen atoms in total. The second-order valence-corrected chi connectivity index (χ2v) is 7.91. The molecule has 1 amide bonds. The number of nitrogens with zero attached hydrogens (tertiary/aromatic N) is 3. The van der Waals surface area contributed by atoms with Crippen LogP contribution in [0.15, 0.2) is 36.5 Å². The second-order valence-electron chi connectivity index (χ2n) is 7.91. The lowest BCUT2D eigenvalue weighted by Gasteiger charge is -2.26. The van der Waals surface area contributed by atoms with Gasteiger partial charge in [-0.15, -0.1) is 0 Å². The van der Waals surface area contributed by atoms with Gasteiger partial charge in [-0.05, 0) is 75.6 Å². The molecule has 2 N–H and O–H groups in total. The van der Waals surface area contributed by atoms with Crippen molar-refractivity contribution in [2.45, 2.75) is 38.1 Å². The van der Waals surface area contributed by atoms with Crippen molar-refractivity contribution in [2.24, 2.45) is 0 Å². The van der Waals surface area contributed by atoms with Crippen molar-refractivity contribution in [3.05, 3.63) is 42.2 Å². The van der Waals surface area contributed by atoms with Crippen LogP contribution in [0.2, 0.25) is 0 Å². The zero-order valence-corrected chi connectivity index (χ0v) is 17.0. The first kappa shape index (κ1) is 19.9. The molecule has 1 unspecified atom stereocenters. The Hall–Kier alpha value is -2.38. The Labute approximate surface area is 172 Å². The van der Waals surface area contributed by atoms with Crippen molar-refractivity contribution in [1.29, 1.82) is 0 Å². The van der Waals surface area contributed by atoms with Gasteiger partial charge >= 0.3 is 0 Å². The van der Waals surface area contributed by atoms with E-state index in [1.165, 1.54) is 32.4 Å². The quantitative estimate of drug-likeness (QED) is 0.752. The molecule has 156 valence electrons. The lowest BCUT2D eigenvalue weighted by molar-refractivity contribution is 0.102. The van der Waals surface area contributed by atoms with Crippen molar-refractivity contribution in [3.63, 3.8) is 0 Å². The minimum atomic E-state index is -0.189. The first-order valence-corrected chi connectivity index (χ1v) is 10.8. The van der Waals surface area contributed by atoms with E-state index in [9.17, 15) is 4.79 Å². The summed E-state index contributed by atoms with van der Waals surface area (Å²) >= 11 is 0. The van der Waals surface area contributed by atoms with Crippen molar-refractivity contribution in [1.82, 2.24) is 20.0 Å². The van der Waals surface area contributed by atoms with Gasteiger partial charge in [0, 0.05) is 25.0 Å². The standard InChI is InChI=1S/C22H31N5O2/c28-22(21-10-14-27(25-21)19-5-4-11-23-17-19)24-18-6-8-20(9-7-18)29-16-15-26-12-2-1-3-13-26/h6-10,14,19,23H,1-5,11-13,15-17H2,(H,24,28). The molecule has 3 heterocycles. The number of ether oxygens (including phenoxy) is 1. The molecule has 2 saturated heterocycles. The third-order valence-electron chi connectivity index (χ3n) is 5.72. The normalized spacial score (nSPS) is 20.3. The zero-order valence-electron chi connectivity index (χ0n) is 17.0. The summed E-state index contributed by atoms with van der Waals surface area (Å²) in [5.41, 5.74) is 1.18. The number of benzene rings is 1. The maximum atomic E-state index is 12.5. The van der Waals surface area contributed by atoms with Crippen LogP contribution in [0.5, 0.6) is 5.75 Å². The fourth-order valence-electron chi connectivity index (χ4n) is 4.03. The highest BCUT2D eigenvalue weighted by Gasteiger charge is 2.18. The molecule has 2 aromatic rings. The molecule has 29 heavy (non-hydrogen) atoms. The largest absolute Gasteiger partial charge is 0.492 e. The number of carbonyl (C=O) groups is 1. The zero-order chi connectivity index (χ0) is 19.9. The molecule has 2 fully saturated rings. The Balaban J connectivity index is 1.25. The van der Waals surface area contributed by atoms with Crippen LogP contribution in [-0.2, 0) is 0 Å². The summed E-state index contributed by atoms with van der Waals surface area (Å²) in [6, 6.07) is 9.65. The lowest BCUT2D eigenvalue weighted by atomic mass is 10.1.